The number of fused-ring (bicyclic) bond motifs is 1. The van der Waals surface area contributed by atoms with Crippen LogP contribution in [-0.4, -0.2) is 35.0 Å². The minimum Gasteiger partial charge on any atom is -0.342 e. The highest BCUT2D eigenvalue weighted by molar-refractivity contribution is 5.74. The summed E-state index contributed by atoms with van der Waals surface area (Å²) < 4.78 is 0. The fourth-order valence-corrected chi connectivity index (χ4v) is 2.45. The van der Waals surface area contributed by atoms with Crippen molar-refractivity contribution in [2.24, 2.45) is 0 Å². The van der Waals surface area contributed by atoms with Gasteiger partial charge in [0.05, 0.1) is 11.0 Å². The first-order valence-electron chi connectivity index (χ1n) is 5.96. The van der Waals surface area contributed by atoms with Crippen molar-refractivity contribution in [2.75, 3.05) is 20.1 Å². The van der Waals surface area contributed by atoms with Crippen LogP contribution in [0.5, 0.6) is 0 Å². The third-order valence-corrected chi connectivity index (χ3v) is 3.51. The van der Waals surface area contributed by atoms with E-state index in [-0.39, 0.29) is 0 Å². The first kappa shape index (κ1) is 9.85. The van der Waals surface area contributed by atoms with E-state index >= 15 is 0 Å². The number of hydrogen-bond donors (Lipinski definition) is 1. The van der Waals surface area contributed by atoms with E-state index in [2.05, 4.69) is 40.1 Å². The Morgan fingerprint density at radius 3 is 2.75 bits per heavy atom. The molecule has 1 aromatic heterocycles. The van der Waals surface area contributed by atoms with Gasteiger partial charge in [-0.25, -0.2) is 4.98 Å². The van der Waals surface area contributed by atoms with Gasteiger partial charge in [0.2, 0.25) is 0 Å². The van der Waals surface area contributed by atoms with Gasteiger partial charge in [-0.1, -0.05) is 12.1 Å². The number of benzene rings is 1. The van der Waals surface area contributed by atoms with Gasteiger partial charge in [-0.2, -0.15) is 0 Å². The predicted molar refractivity (Wildman–Crippen MR) is 65.6 cm³/mol. The van der Waals surface area contributed by atoms with Gasteiger partial charge in [-0.15, -0.1) is 0 Å². The highest BCUT2D eigenvalue weighted by Gasteiger charge is 2.20. The van der Waals surface area contributed by atoms with Crippen molar-refractivity contribution >= 4 is 11.0 Å². The zero-order chi connectivity index (χ0) is 11.0. The summed E-state index contributed by atoms with van der Waals surface area (Å²) in [5.74, 6) is 1.79. The number of aromatic amines is 1. The average Bonchev–Trinajstić information content (AvgIpc) is 2.73. The molecule has 0 amide bonds. The minimum absolute atomic E-state index is 0.614. The molecule has 2 aromatic rings. The Kier molecular flexibility index (Phi) is 2.40. The predicted octanol–water partition coefficient (Wildman–Crippen LogP) is 2.37. The van der Waals surface area contributed by atoms with Crippen LogP contribution in [0.15, 0.2) is 24.3 Å². The molecule has 0 bridgehead atoms. The molecule has 16 heavy (non-hydrogen) atoms. The molecule has 1 N–H and O–H groups in total. The molecule has 0 radical (unpaired) electrons. The fourth-order valence-electron chi connectivity index (χ4n) is 2.45. The Hall–Kier alpha value is -1.35. The molecule has 0 aliphatic carbocycles. The molecule has 3 heteroatoms. The Morgan fingerprint density at radius 1 is 1.25 bits per heavy atom. The Labute approximate surface area is 95.5 Å². The van der Waals surface area contributed by atoms with Crippen molar-refractivity contribution in [2.45, 2.75) is 18.8 Å². The summed E-state index contributed by atoms with van der Waals surface area (Å²) in [6, 6.07) is 8.27. The number of nitrogens with one attached hydrogen (secondary N) is 1. The fraction of sp³-hybridized carbons (Fsp3) is 0.462. The average molecular weight is 215 g/mol. The van der Waals surface area contributed by atoms with E-state index in [0.29, 0.717) is 5.92 Å². The quantitative estimate of drug-likeness (QED) is 0.792. The van der Waals surface area contributed by atoms with E-state index in [0.717, 1.165) is 11.0 Å². The van der Waals surface area contributed by atoms with Crippen LogP contribution in [0.3, 0.4) is 0 Å². The highest BCUT2D eigenvalue weighted by atomic mass is 15.1. The molecule has 1 saturated heterocycles. The summed E-state index contributed by atoms with van der Waals surface area (Å²) in [6.45, 7) is 2.36. The molecule has 1 fully saturated rings. The van der Waals surface area contributed by atoms with Crippen LogP contribution in [0.4, 0.5) is 0 Å². The van der Waals surface area contributed by atoms with Gasteiger partial charge in [0, 0.05) is 5.92 Å². The van der Waals surface area contributed by atoms with Gasteiger partial charge in [0.1, 0.15) is 5.82 Å². The smallest absolute Gasteiger partial charge is 0.110 e. The van der Waals surface area contributed by atoms with E-state index in [1.807, 2.05) is 6.07 Å². The number of H-pyrrole nitrogens is 1. The summed E-state index contributed by atoms with van der Waals surface area (Å²) in [5, 5.41) is 0. The molecular formula is C13H17N3. The molecular weight excluding hydrogens is 198 g/mol. The maximum absolute atomic E-state index is 4.69. The molecule has 1 aromatic carbocycles. The number of piperidine rings is 1. The highest BCUT2D eigenvalue weighted by Crippen LogP contribution is 2.26. The van der Waals surface area contributed by atoms with Crippen molar-refractivity contribution in [3.05, 3.63) is 30.1 Å². The lowest BCUT2D eigenvalue weighted by Gasteiger charge is -2.27. The zero-order valence-electron chi connectivity index (χ0n) is 9.61. The molecule has 84 valence electrons. The van der Waals surface area contributed by atoms with Crippen molar-refractivity contribution in [3.8, 4) is 0 Å². The lowest BCUT2D eigenvalue weighted by molar-refractivity contribution is 0.252. The molecule has 2 heterocycles. The van der Waals surface area contributed by atoms with Crippen LogP contribution in [0.25, 0.3) is 11.0 Å². The first-order valence-corrected chi connectivity index (χ1v) is 5.96. The summed E-state index contributed by atoms with van der Waals surface area (Å²) in [4.78, 5) is 10.5. The second-order valence-electron chi connectivity index (χ2n) is 4.72. The lowest BCUT2D eigenvalue weighted by atomic mass is 9.97. The molecule has 0 unspecified atom stereocenters. The minimum atomic E-state index is 0.614. The van der Waals surface area contributed by atoms with Crippen LogP contribution in [0, 0.1) is 0 Å². The normalized spacial score (nSPS) is 19.3. The van der Waals surface area contributed by atoms with Crippen molar-refractivity contribution < 1.29 is 0 Å². The monoisotopic (exact) mass is 215 g/mol. The van der Waals surface area contributed by atoms with Crippen LogP contribution in [0.1, 0.15) is 24.6 Å². The zero-order valence-corrected chi connectivity index (χ0v) is 9.61. The summed E-state index contributed by atoms with van der Waals surface area (Å²) in [5.41, 5.74) is 2.26. The van der Waals surface area contributed by atoms with Crippen LogP contribution < -0.4 is 0 Å². The number of imidazole rings is 1. The largest absolute Gasteiger partial charge is 0.342 e. The first-order chi connectivity index (χ1) is 7.83. The van der Waals surface area contributed by atoms with Gasteiger partial charge in [0.15, 0.2) is 0 Å². The maximum Gasteiger partial charge on any atom is 0.110 e. The molecule has 0 saturated carbocycles. The second-order valence-corrected chi connectivity index (χ2v) is 4.72. The SMILES string of the molecule is CN1CCC(c2nc3ccccc3[nH]2)CC1. The number of likely N-dealkylation sites (tertiary alicyclic amines) is 1. The van der Waals surface area contributed by atoms with E-state index < -0.39 is 0 Å². The number of aromatic nitrogens is 2. The van der Waals surface area contributed by atoms with Crippen molar-refractivity contribution in [3.63, 3.8) is 0 Å². The van der Waals surface area contributed by atoms with E-state index in [9.17, 15) is 0 Å². The van der Waals surface area contributed by atoms with E-state index in [1.54, 1.807) is 0 Å². The number of rotatable bonds is 1. The van der Waals surface area contributed by atoms with Crippen molar-refractivity contribution in [1.82, 2.24) is 14.9 Å². The maximum atomic E-state index is 4.69. The number of hydrogen-bond acceptors (Lipinski definition) is 2. The van der Waals surface area contributed by atoms with Gasteiger partial charge in [-0.05, 0) is 45.1 Å². The third kappa shape index (κ3) is 1.71. The summed E-state index contributed by atoms with van der Waals surface area (Å²) in [6.07, 6.45) is 2.44. The Balaban J connectivity index is 1.88. The van der Waals surface area contributed by atoms with Gasteiger partial charge >= 0.3 is 0 Å². The molecule has 0 spiro atoms. The topological polar surface area (TPSA) is 31.9 Å². The molecule has 3 rings (SSSR count). The standard InChI is InChI=1S/C13H17N3/c1-16-8-6-10(7-9-16)13-14-11-4-2-3-5-12(11)15-13/h2-5,10H,6-9H2,1H3,(H,14,15). The molecule has 1 aliphatic rings. The van der Waals surface area contributed by atoms with Crippen LogP contribution in [0.2, 0.25) is 0 Å². The lowest BCUT2D eigenvalue weighted by Crippen LogP contribution is -2.29. The summed E-state index contributed by atoms with van der Waals surface area (Å²) >= 11 is 0. The van der Waals surface area contributed by atoms with E-state index in [4.69, 9.17) is 0 Å². The third-order valence-electron chi connectivity index (χ3n) is 3.51. The van der Waals surface area contributed by atoms with Gasteiger partial charge < -0.3 is 9.88 Å². The number of para-hydroxylation sites is 2. The Morgan fingerprint density at radius 2 is 2.00 bits per heavy atom. The molecule has 1 aliphatic heterocycles. The van der Waals surface area contributed by atoms with Crippen molar-refractivity contribution in [1.29, 1.82) is 0 Å². The molecule has 3 nitrogen and oxygen atoms in total. The summed E-state index contributed by atoms with van der Waals surface area (Å²) in [7, 11) is 2.19. The number of nitrogens with zero attached hydrogens (tertiary/aromatic N) is 2. The van der Waals surface area contributed by atoms with Gasteiger partial charge in [-0.3, -0.25) is 0 Å². The molecule has 0 atom stereocenters. The van der Waals surface area contributed by atoms with Crippen LogP contribution >= 0.6 is 0 Å². The second kappa shape index (κ2) is 3.91. The van der Waals surface area contributed by atoms with Gasteiger partial charge in [0.25, 0.3) is 0 Å². The van der Waals surface area contributed by atoms with E-state index in [1.165, 1.54) is 31.8 Å². The van der Waals surface area contributed by atoms with Crippen LogP contribution in [-0.2, 0) is 0 Å². The Bertz CT molecular complexity index is 448.